The Morgan fingerprint density at radius 1 is 1.09 bits per heavy atom. The summed E-state index contributed by atoms with van der Waals surface area (Å²) in [6.07, 6.45) is 0.999. The highest BCUT2D eigenvalue weighted by atomic mass is 16.5. The zero-order valence-electron chi connectivity index (χ0n) is 14.3. The van der Waals surface area contributed by atoms with Gasteiger partial charge in [-0.15, -0.1) is 0 Å². The summed E-state index contributed by atoms with van der Waals surface area (Å²) in [7, 11) is 0. The van der Waals surface area contributed by atoms with Gasteiger partial charge in [0.2, 0.25) is 0 Å². The van der Waals surface area contributed by atoms with Crippen molar-refractivity contribution in [3.63, 3.8) is 0 Å². The Balaban J connectivity index is 2.02. The smallest absolute Gasteiger partial charge is 0.255 e. The first kappa shape index (κ1) is 17.1. The zero-order valence-corrected chi connectivity index (χ0v) is 14.3. The maximum Gasteiger partial charge on any atom is 0.255 e. The molecule has 0 aromatic heterocycles. The third kappa shape index (κ3) is 5.13. The molecule has 0 radical (unpaired) electrons. The van der Waals surface area contributed by atoms with Crippen LogP contribution in [0.25, 0.3) is 0 Å². The number of carbonyl (C=O) groups is 1. The molecule has 0 bridgehead atoms. The first-order valence-corrected chi connectivity index (χ1v) is 8.07. The van der Waals surface area contributed by atoms with Gasteiger partial charge >= 0.3 is 0 Å². The van der Waals surface area contributed by atoms with Gasteiger partial charge in [-0.2, -0.15) is 0 Å². The number of hydrogen-bond acceptors (Lipinski definition) is 2. The molecular weight excluding hydrogens is 286 g/mol. The van der Waals surface area contributed by atoms with E-state index in [9.17, 15) is 4.79 Å². The lowest BCUT2D eigenvalue weighted by Crippen LogP contribution is -2.12. The SMILES string of the molecule is Cc1ccc(NC(=O)c2cccc(OCCC(C)C)c2)cc1C. The van der Waals surface area contributed by atoms with Crippen molar-refractivity contribution in [3.05, 3.63) is 59.2 Å². The van der Waals surface area contributed by atoms with Gasteiger partial charge in [0, 0.05) is 11.3 Å². The number of benzene rings is 2. The van der Waals surface area contributed by atoms with Crippen molar-refractivity contribution in [1.29, 1.82) is 0 Å². The van der Waals surface area contributed by atoms with Crippen LogP contribution in [0.1, 0.15) is 41.8 Å². The lowest BCUT2D eigenvalue weighted by atomic mass is 10.1. The minimum Gasteiger partial charge on any atom is -0.494 e. The molecule has 0 heterocycles. The van der Waals surface area contributed by atoms with E-state index in [2.05, 4.69) is 26.1 Å². The van der Waals surface area contributed by atoms with Crippen LogP contribution in [-0.2, 0) is 0 Å². The molecule has 2 rings (SSSR count). The number of carbonyl (C=O) groups excluding carboxylic acids is 1. The number of anilines is 1. The molecule has 23 heavy (non-hydrogen) atoms. The molecule has 1 amide bonds. The minimum absolute atomic E-state index is 0.123. The van der Waals surface area contributed by atoms with Crippen LogP contribution >= 0.6 is 0 Å². The Hall–Kier alpha value is -2.29. The number of aryl methyl sites for hydroxylation is 2. The molecule has 3 nitrogen and oxygen atoms in total. The number of hydrogen-bond donors (Lipinski definition) is 1. The van der Waals surface area contributed by atoms with Crippen molar-refractivity contribution < 1.29 is 9.53 Å². The lowest BCUT2D eigenvalue weighted by Gasteiger charge is -2.10. The van der Waals surface area contributed by atoms with E-state index in [0.29, 0.717) is 18.1 Å². The van der Waals surface area contributed by atoms with Crippen molar-refractivity contribution in [3.8, 4) is 5.75 Å². The van der Waals surface area contributed by atoms with Gasteiger partial charge in [0.1, 0.15) is 5.75 Å². The van der Waals surface area contributed by atoms with Crippen LogP contribution in [-0.4, -0.2) is 12.5 Å². The second-order valence-electron chi connectivity index (χ2n) is 6.31. The molecule has 0 fully saturated rings. The van der Waals surface area contributed by atoms with Gasteiger partial charge < -0.3 is 10.1 Å². The molecule has 0 saturated heterocycles. The predicted octanol–water partition coefficient (Wildman–Crippen LogP) is 4.98. The van der Waals surface area contributed by atoms with Crippen LogP contribution in [0.2, 0.25) is 0 Å². The molecule has 0 aliphatic rings. The van der Waals surface area contributed by atoms with Crippen molar-refractivity contribution in [1.82, 2.24) is 0 Å². The third-order valence-electron chi connectivity index (χ3n) is 3.82. The molecule has 0 aliphatic carbocycles. The van der Waals surface area contributed by atoms with Crippen molar-refractivity contribution >= 4 is 11.6 Å². The van der Waals surface area contributed by atoms with Crippen molar-refractivity contribution in [2.45, 2.75) is 34.1 Å². The van der Waals surface area contributed by atoms with Crippen molar-refractivity contribution in [2.75, 3.05) is 11.9 Å². The highest BCUT2D eigenvalue weighted by Gasteiger charge is 2.08. The Morgan fingerprint density at radius 2 is 1.87 bits per heavy atom. The summed E-state index contributed by atoms with van der Waals surface area (Å²) < 4.78 is 5.71. The Bertz CT molecular complexity index is 677. The normalized spacial score (nSPS) is 10.7. The molecule has 3 heteroatoms. The lowest BCUT2D eigenvalue weighted by molar-refractivity contribution is 0.102. The van der Waals surface area contributed by atoms with E-state index in [0.717, 1.165) is 23.4 Å². The first-order chi connectivity index (χ1) is 11.0. The Labute approximate surface area is 138 Å². The molecule has 1 N–H and O–H groups in total. The fourth-order valence-electron chi connectivity index (χ4n) is 2.16. The Kier molecular flexibility index (Phi) is 5.80. The third-order valence-corrected chi connectivity index (χ3v) is 3.82. The summed E-state index contributed by atoms with van der Waals surface area (Å²) in [6.45, 7) is 9.08. The monoisotopic (exact) mass is 311 g/mol. The number of rotatable bonds is 6. The number of amides is 1. The fourth-order valence-corrected chi connectivity index (χ4v) is 2.16. The summed E-state index contributed by atoms with van der Waals surface area (Å²) in [5.41, 5.74) is 3.78. The largest absolute Gasteiger partial charge is 0.494 e. The van der Waals surface area contributed by atoms with Crippen LogP contribution in [0, 0.1) is 19.8 Å². The van der Waals surface area contributed by atoms with Gasteiger partial charge in [-0.1, -0.05) is 26.0 Å². The molecular formula is C20H25NO2. The first-order valence-electron chi connectivity index (χ1n) is 8.07. The summed E-state index contributed by atoms with van der Waals surface area (Å²) >= 11 is 0. The quantitative estimate of drug-likeness (QED) is 0.817. The number of nitrogens with one attached hydrogen (secondary N) is 1. The van der Waals surface area contributed by atoms with Gasteiger partial charge in [0.15, 0.2) is 0 Å². The molecule has 0 atom stereocenters. The zero-order chi connectivity index (χ0) is 16.8. The molecule has 122 valence electrons. The van der Waals surface area contributed by atoms with Crippen LogP contribution < -0.4 is 10.1 Å². The van der Waals surface area contributed by atoms with Gasteiger partial charge in [-0.05, 0) is 67.6 Å². The van der Waals surface area contributed by atoms with E-state index in [1.54, 1.807) is 12.1 Å². The number of ether oxygens (including phenoxy) is 1. The highest BCUT2D eigenvalue weighted by Crippen LogP contribution is 2.18. The highest BCUT2D eigenvalue weighted by molar-refractivity contribution is 6.04. The van der Waals surface area contributed by atoms with Crippen LogP contribution in [0.3, 0.4) is 0 Å². The van der Waals surface area contributed by atoms with Crippen LogP contribution in [0.15, 0.2) is 42.5 Å². The Morgan fingerprint density at radius 3 is 2.57 bits per heavy atom. The topological polar surface area (TPSA) is 38.3 Å². The second kappa shape index (κ2) is 7.82. The van der Waals surface area contributed by atoms with E-state index >= 15 is 0 Å². The average Bonchev–Trinajstić information content (AvgIpc) is 2.51. The maximum atomic E-state index is 12.4. The molecule has 0 spiro atoms. The van der Waals surface area contributed by atoms with Crippen molar-refractivity contribution in [2.24, 2.45) is 5.92 Å². The van der Waals surface area contributed by atoms with E-state index in [-0.39, 0.29) is 5.91 Å². The van der Waals surface area contributed by atoms with E-state index in [1.165, 1.54) is 5.56 Å². The molecule has 0 unspecified atom stereocenters. The van der Waals surface area contributed by atoms with Crippen LogP contribution in [0.5, 0.6) is 5.75 Å². The minimum atomic E-state index is -0.123. The molecule has 0 saturated carbocycles. The predicted molar refractivity (Wildman–Crippen MR) is 95.3 cm³/mol. The van der Waals surface area contributed by atoms with Gasteiger partial charge in [-0.25, -0.2) is 0 Å². The van der Waals surface area contributed by atoms with Gasteiger partial charge in [0.25, 0.3) is 5.91 Å². The molecule has 2 aromatic carbocycles. The fraction of sp³-hybridized carbons (Fsp3) is 0.350. The standard InChI is InChI=1S/C20H25NO2/c1-14(2)10-11-23-19-7-5-6-17(13-19)20(22)21-18-9-8-15(3)16(4)12-18/h5-9,12-14H,10-11H2,1-4H3,(H,21,22). The molecule has 0 aliphatic heterocycles. The van der Waals surface area contributed by atoms with E-state index in [1.807, 2.05) is 37.3 Å². The summed E-state index contributed by atoms with van der Waals surface area (Å²) in [5.74, 6) is 1.22. The maximum absolute atomic E-state index is 12.4. The summed E-state index contributed by atoms with van der Waals surface area (Å²) in [4.78, 5) is 12.4. The second-order valence-corrected chi connectivity index (χ2v) is 6.31. The van der Waals surface area contributed by atoms with Crippen LogP contribution in [0.4, 0.5) is 5.69 Å². The molecule has 2 aromatic rings. The average molecular weight is 311 g/mol. The van der Waals surface area contributed by atoms with E-state index < -0.39 is 0 Å². The summed E-state index contributed by atoms with van der Waals surface area (Å²) in [5, 5.41) is 2.93. The van der Waals surface area contributed by atoms with Gasteiger partial charge in [0.05, 0.1) is 6.61 Å². The van der Waals surface area contributed by atoms with E-state index in [4.69, 9.17) is 4.74 Å². The van der Waals surface area contributed by atoms with Gasteiger partial charge in [-0.3, -0.25) is 4.79 Å². The summed E-state index contributed by atoms with van der Waals surface area (Å²) in [6, 6.07) is 13.2.